The van der Waals surface area contributed by atoms with Gasteiger partial charge in [0, 0.05) is 25.7 Å². The lowest BCUT2D eigenvalue weighted by atomic mass is 9.97. The highest BCUT2D eigenvalue weighted by molar-refractivity contribution is 6.27. The second-order valence-corrected chi connectivity index (χ2v) is 7.04. The molecular weight excluding hydrogens is 340 g/mol. The first-order chi connectivity index (χ1) is 12.0. The first kappa shape index (κ1) is 19.6. The van der Waals surface area contributed by atoms with E-state index in [2.05, 4.69) is 0 Å². The van der Waals surface area contributed by atoms with E-state index in [0.29, 0.717) is 13.1 Å². The maximum atomic E-state index is 12.5. The largest absolute Gasteiger partial charge is 0.445 e. The van der Waals surface area contributed by atoms with Crippen molar-refractivity contribution in [2.75, 3.05) is 25.5 Å². The van der Waals surface area contributed by atoms with Crippen LogP contribution in [0.25, 0.3) is 0 Å². The summed E-state index contributed by atoms with van der Waals surface area (Å²) in [5.74, 6) is 0.237. The van der Waals surface area contributed by atoms with Crippen molar-refractivity contribution in [2.24, 2.45) is 5.92 Å². The first-order valence-electron chi connectivity index (χ1n) is 8.82. The van der Waals surface area contributed by atoms with E-state index in [-0.39, 0.29) is 36.4 Å². The van der Waals surface area contributed by atoms with E-state index in [4.69, 9.17) is 16.3 Å². The molecule has 2 rings (SSSR count). The van der Waals surface area contributed by atoms with Gasteiger partial charge in [0.15, 0.2) is 0 Å². The maximum absolute atomic E-state index is 12.5. The molecule has 6 heteroatoms. The van der Waals surface area contributed by atoms with E-state index in [1.807, 2.05) is 44.2 Å². The van der Waals surface area contributed by atoms with Crippen LogP contribution in [0.4, 0.5) is 4.79 Å². The van der Waals surface area contributed by atoms with Crippen molar-refractivity contribution >= 4 is 23.6 Å². The summed E-state index contributed by atoms with van der Waals surface area (Å²) in [7, 11) is 0. The molecule has 0 saturated carbocycles. The minimum Gasteiger partial charge on any atom is -0.445 e. The Bertz CT molecular complexity index is 565. The maximum Gasteiger partial charge on any atom is 0.410 e. The van der Waals surface area contributed by atoms with Gasteiger partial charge in [-0.1, -0.05) is 30.3 Å². The summed E-state index contributed by atoms with van der Waals surface area (Å²) >= 11 is 5.66. The number of piperidine rings is 1. The molecule has 1 saturated heterocycles. The fourth-order valence-electron chi connectivity index (χ4n) is 3.10. The third kappa shape index (κ3) is 5.92. The first-order valence-corrected chi connectivity index (χ1v) is 9.35. The van der Waals surface area contributed by atoms with Crippen molar-refractivity contribution in [3.8, 4) is 0 Å². The summed E-state index contributed by atoms with van der Waals surface area (Å²) in [6, 6.07) is 9.69. The zero-order chi connectivity index (χ0) is 18.2. The molecule has 1 heterocycles. The van der Waals surface area contributed by atoms with Crippen LogP contribution < -0.4 is 0 Å². The van der Waals surface area contributed by atoms with Gasteiger partial charge in [0.05, 0.1) is 0 Å². The van der Waals surface area contributed by atoms with Crippen molar-refractivity contribution in [2.45, 2.75) is 39.3 Å². The predicted octanol–water partition coefficient (Wildman–Crippen LogP) is 3.51. The van der Waals surface area contributed by atoms with Crippen molar-refractivity contribution in [3.63, 3.8) is 0 Å². The SMILES string of the molecule is CC(C)N(C[C@H]1CCCN(C(=O)CCl)C1)C(=O)OCc1ccccc1. The van der Waals surface area contributed by atoms with Gasteiger partial charge in [0.2, 0.25) is 5.91 Å². The zero-order valence-electron chi connectivity index (χ0n) is 15.0. The van der Waals surface area contributed by atoms with Gasteiger partial charge in [-0.05, 0) is 38.2 Å². The minimum absolute atomic E-state index is 0.0136. The van der Waals surface area contributed by atoms with Crippen molar-refractivity contribution in [1.82, 2.24) is 9.80 Å². The number of benzene rings is 1. The molecule has 25 heavy (non-hydrogen) atoms. The molecule has 0 unspecified atom stereocenters. The van der Waals surface area contributed by atoms with Crippen LogP contribution in [0.2, 0.25) is 0 Å². The second kappa shape index (κ2) is 9.66. The van der Waals surface area contributed by atoms with Crippen LogP contribution in [-0.4, -0.2) is 53.4 Å². The van der Waals surface area contributed by atoms with Crippen LogP contribution in [0.1, 0.15) is 32.3 Å². The number of halogens is 1. The molecule has 0 bridgehead atoms. The number of nitrogens with zero attached hydrogens (tertiary/aromatic N) is 2. The Hall–Kier alpha value is -1.75. The summed E-state index contributed by atoms with van der Waals surface area (Å²) < 4.78 is 5.47. The monoisotopic (exact) mass is 366 g/mol. The molecular formula is C19H27ClN2O3. The Morgan fingerprint density at radius 3 is 2.68 bits per heavy atom. The summed E-state index contributed by atoms with van der Waals surface area (Å²) in [6.07, 6.45) is 1.64. The number of hydrogen-bond donors (Lipinski definition) is 0. The molecule has 0 radical (unpaired) electrons. The summed E-state index contributed by atoms with van der Waals surface area (Å²) in [6.45, 7) is 6.23. The average molecular weight is 367 g/mol. The minimum atomic E-state index is -0.306. The predicted molar refractivity (Wildman–Crippen MR) is 98.5 cm³/mol. The topological polar surface area (TPSA) is 49.9 Å². The van der Waals surface area contributed by atoms with E-state index in [1.165, 1.54) is 0 Å². The lowest BCUT2D eigenvalue weighted by Crippen LogP contribution is -2.47. The summed E-state index contributed by atoms with van der Waals surface area (Å²) in [4.78, 5) is 27.9. The van der Waals surface area contributed by atoms with Gasteiger partial charge in [-0.2, -0.15) is 0 Å². The Morgan fingerprint density at radius 2 is 2.04 bits per heavy atom. The molecule has 1 aromatic carbocycles. The number of amides is 2. The molecule has 1 fully saturated rings. The van der Waals surface area contributed by atoms with E-state index >= 15 is 0 Å². The van der Waals surface area contributed by atoms with Crippen molar-refractivity contribution < 1.29 is 14.3 Å². The summed E-state index contributed by atoms with van der Waals surface area (Å²) in [5, 5.41) is 0. The van der Waals surface area contributed by atoms with Crippen LogP contribution in [0.3, 0.4) is 0 Å². The molecule has 5 nitrogen and oxygen atoms in total. The van der Waals surface area contributed by atoms with Gasteiger partial charge in [-0.3, -0.25) is 4.79 Å². The third-order valence-electron chi connectivity index (χ3n) is 4.50. The second-order valence-electron chi connectivity index (χ2n) is 6.77. The van der Waals surface area contributed by atoms with Crippen LogP contribution in [0.15, 0.2) is 30.3 Å². The molecule has 0 aliphatic carbocycles. The number of hydrogen-bond acceptors (Lipinski definition) is 3. The van der Waals surface area contributed by atoms with E-state index in [0.717, 1.165) is 24.9 Å². The van der Waals surface area contributed by atoms with Crippen LogP contribution in [0, 0.1) is 5.92 Å². The Kier molecular flexibility index (Phi) is 7.56. The van der Waals surface area contributed by atoms with Crippen LogP contribution >= 0.6 is 11.6 Å². The molecule has 1 atom stereocenters. The fraction of sp³-hybridized carbons (Fsp3) is 0.579. The van der Waals surface area contributed by atoms with Gasteiger partial charge in [0.25, 0.3) is 0 Å². The quantitative estimate of drug-likeness (QED) is 0.724. The van der Waals surface area contributed by atoms with Gasteiger partial charge in [-0.25, -0.2) is 4.79 Å². The van der Waals surface area contributed by atoms with E-state index in [1.54, 1.807) is 9.80 Å². The molecule has 1 aliphatic heterocycles. The standard InChI is InChI=1S/C19H27ClN2O3/c1-15(2)22(19(24)25-14-16-7-4-3-5-8-16)13-17-9-6-10-21(12-17)18(23)11-20/h3-5,7-8,15,17H,6,9-14H2,1-2H3/t17-/m0/s1. The number of alkyl halides is 1. The molecule has 0 spiro atoms. The highest BCUT2D eigenvalue weighted by atomic mass is 35.5. The smallest absolute Gasteiger partial charge is 0.410 e. The Morgan fingerprint density at radius 1 is 1.32 bits per heavy atom. The summed E-state index contributed by atoms with van der Waals surface area (Å²) in [5.41, 5.74) is 0.969. The Labute approximate surface area is 154 Å². The van der Waals surface area contributed by atoms with Gasteiger partial charge in [-0.15, -0.1) is 11.6 Å². The highest BCUT2D eigenvalue weighted by Gasteiger charge is 2.28. The normalized spacial score (nSPS) is 17.4. The van der Waals surface area contributed by atoms with E-state index in [9.17, 15) is 9.59 Å². The van der Waals surface area contributed by atoms with E-state index < -0.39 is 0 Å². The molecule has 0 N–H and O–H groups in total. The molecule has 138 valence electrons. The fourth-order valence-corrected chi connectivity index (χ4v) is 3.27. The van der Waals surface area contributed by atoms with Crippen LogP contribution in [-0.2, 0) is 16.1 Å². The lowest BCUT2D eigenvalue weighted by molar-refractivity contribution is -0.130. The number of ether oxygens (including phenoxy) is 1. The molecule has 1 aliphatic rings. The van der Waals surface area contributed by atoms with Crippen LogP contribution in [0.5, 0.6) is 0 Å². The number of carbonyl (C=O) groups is 2. The molecule has 1 aromatic rings. The van der Waals surface area contributed by atoms with Gasteiger partial charge >= 0.3 is 6.09 Å². The highest BCUT2D eigenvalue weighted by Crippen LogP contribution is 2.20. The van der Waals surface area contributed by atoms with Gasteiger partial charge in [0.1, 0.15) is 12.5 Å². The average Bonchev–Trinajstić information content (AvgIpc) is 2.64. The van der Waals surface area contributed by atoms with Gasteiger partial charge < -0.3 is 14.5 Å². The van der Waals surface area contributed by atoms with Crippen molar-refractivity contribution in [1.29, 1.82) is 0 Å². The van der Waals surface area contributed by atoms with Crippen molar-refractivity contribution in [3.05, 3.63) is 35.9 Å². The Balaban J connectivity index is 1.91. The molecule has 0 aromatic heterocycles. The number of likely N-dealkylation sites (tertiary alicyclic amines) is 1. The number of rotatable bonds is 6. The molecule has 2 amide bonds. The number of carbonyl (C=O) groups excluding carboxylic acids is 2. The zero-order valence-corrected chi connectivity index (χ0v) is 15.7. The lowest BCUT2D eigenvalue weighted by Gasteiger charge is -2.36. The third-order valence-corrected chi connectivity index (χ3v) is 4.73.